The Hall–Kier alpha value is -6.56. The Balaban J connectivity index is 0.973. The molecule has 4 nitrogen and oxygen atoms in total. The number of hydrogen-bond acceptors (Lipinski definition) is 5. The highest BCUT2D eigenvalue weighted by Gasteiger charge is 2.24. The number of fused-ring (bicyclic) bond motifs is 8. The Morgan fingerprint density at radius 3 is 1.78 bits per heavy atom. The third-order valence-electron chi connectivity index (χ3n) is 10.9. The van der Waals surface area contributed by atoms with Gasteiger partial charge in [0, 0.05) is 47.8 Å². The molecule has 256 valence electrons. The fourth-order valence-corrected chi connectivity index (χ4v) is 9.57. The minimum absolute atomic E-state index is 0.360. The van der Waals surface area contributed by atoms with Gasteiger partial charge in [-0.1, -0.05) is 152 Å². The lowest BCUT2D eigenvalue weighted by molar-refractivity contribution is 0.621. The maximum Gasteiger partial charge on any atom is 0.169 e. The van der Waals surface area contributed by atoms with Gasteiger partial charge in [-0.05, 0) is 58.4 Å². The molecule has 2 aliphatic rings. The van der Waals surface area contributed by atoms with Crippen LogP contribution in [0.3, 0.4) is 0 Å². The van der Waals surface area contributed by atoms with E-state index in [1.165, 1.54) is 64.5 Å². The van der Waals surface area contributed by atoms with Gasteiger partial charge < -0.3 is 9.73 Å². The second-order valence-corrected chi connectivity index (χ2v) is 15.1. The van der Waals surface area contributed by atoms with E-state index in [4.69, 9.17) is 14.4 Å². The van der Waals surface area contributed by atoms with Crippen molar-refractivity contribution >= 4 is 54.1 Å². The molecule has 0 unspecified atom stereocenters. The van der Waals surface area contributed by atoms with Gasteiger partial charge in [-0.3, -0.25) is 0 Å². The highest BCUT2D eigenvalue weighted by molar-refractivity contribution is 7.26. The average molecular weight is 712 g/mol. The molecule has 1 aliphatic carbocycles. The second-order valence-electron chi connectivity index (χ2n) is 14.1. The number of aliphatic imine (C=N–C) groups is 2. The number of rotatable bonds is 5. The maximum atomic E-state index is 6.49. The van der Waals surface area contributed by atoms with Gasteiger partial charge in [0.25, 0.3) is 0 Å². The molecule has 2 aromatic heterocycles. The van der Waals surface area contributed by atoms with Crippen LogP contribution in [-0.4, -0.2) is 11.7 Å². The molecule has 0 bridgehead atoms. The third kappa shape index (κ3) is 5.12. The number of aryl methyl sites for hydroxylation is 2. The summed E-state index contributed by atoms with van der Waals surface area (Å²) in [6.45, 7) is 0. The number of nitrogens with one attached hydrogen (secondary N) is 1. The van der Waals surface area contributed by atoms with E-state index in [0.29, 0.717) is 0 Å². The zero-order valence-electron chi connectivity index (χ0n) is 29.3. The van der Waals surface area contributed by atoms with Crippen LogP contribution in [0.4, 0.5) is 0 Å². The standard InChI is InChI=1S/C49H33N3OS/c1-3-12-32(13-4-1)47-50-48(33-14-5-2-6-15-33)52-49(51-47)34-23-21-31(22-24-34)37-17-9-19-40-41-20-10-18-38(46(41)54-45(37)40)35-26-28-43-42(29-35)39-27-25-30-11-7-8-16-36(30)44(39)53-43/h1-24,26,28-29,49H,25,27H2,(H,50,51,52). The zero-order valence-corrected chi connectivity index (χ0v) is 30.1. The van der Waals surface area contributed by atoms with E-state index in [0.717, 1.165) is 52.5 Å². The Morgan fingerprint density at radius 1 is 0.500 bits per heavy atom. The maximum absolute atomic E-state index is 6.49. The largest absolute Gasteiger partial charge is 0.456 e. The summed E-state index contributed by atoms with van der Waals surface area (Å²) >= 11 is 1.88. The Kier molecular flexibility index (Phi) is 7.20. The lowest BCUT2D eigenvalue weighted by atomic mass is 9.89. The highest BCUT2D eigenvalue weighted by atomic mass is 32.1. The van der Waals surface area contributed by atoms with E-state index in [9.17, 15) is 0 Å². The van der Waals surface area contributed by atoms with Crippen LogP contribution in [0.15, 0.2) is 178 Å². The van der Waals surface area contributed by atoms with Crippen molar-refractivity contribution < 1.29 is 4.42 Å². The van der Waals surface area contributed by atoms with Crippen molar-refractivity contribution in [1.29, 1.82) is 0 Å². The molecule has 0 saturated heterocycles. The molecule has 0 saturated carbocycles. The van der Waals surface area contributed by atoms with Gasteiger partial charge >= 0.3 is 0 Å². The van der Waals surface area contributed by atoms with Crippen LogP contribution in [0, 0.1) is 0 Å². The number of furan rings is 1. The van der Waals surface area contributed by atoms with Gasteiger partial charge in [0.1, 0.15) is 23.0 Å². The van der Waals surface area contributed by atoms with Gasteiger partial charge in [-0.25, -0.2) is 9.98 Å². The van der Waals surface area contributed by atoms with Crippen molar-refractivity contribution in [3.63, 3.8) is 0 Å². The van der Waals surface area contributed by atoms with E-state index in [1.54, 1.807) is 0 Å². The van der Waals surface area contributed by atoms with E-state index >= 15 is 0 Å². The summed E-state index contributed by atoms with van der Waals surface area (Å²) in [7, 11) is 0. The molecule has 0 atom stereocenters. The van der Waals surface area contributed by atoms with Crippen LogP contribution in [0.5, 0.6) is 0 Å². The summed E-state index contributed by atoms with van der Waals surface area (Å²) in [5.41, 5.74) is 12.9. The predicted octanol–water partition coefficient (Wildman–Crippen LogP) is 12.4. The minimum Gasteiger partial charge on any atom is -0.456 e. The number of benzene rings is 7. The van der Waals surface area contributed by atoms with Gasteiger partial charge in [0.05, 0.1) is 0 Å². The summed E-state index contributed by atoms with van der Waals surface area (Å²) in [6, 6.07) is 58.2. The predicted molar refractivity (Wildman–Crippen MR) is 225 cm³/mol. The van der Waals surface area contributed by atoms with Crippen molar-refractivity contribution in [2.45, 2.75) is 19.0 Å². The zero-order chi connectivity index (χ0) is 35.6. The Morgan fingerprint density at radius 2 is 1.09 bits per heavy atom. The molecular formula is C49H33N3OS. The van der Waals surface area contributed by atoms with Crippen molar-refractivity contribution in [3.05, 3.63) is 192 Å². The molecule has 0 spiro atoms. The average Bonchev–Trinajstić information content (AvgIpc) is 3.83. The van der Waals surface area contributed by atoms with Crippen LogP contribution in [0.2, 0.25) is 0 Å². The van der Waals surface area contributed by atoms with E-state index in [1.807, 2.05) is 47.7 Å². The molecule has 1 aliphatic heterocycles. The van der Waals surface area contributed by atoms with Crippen molar-refractivity contribution in [1.82, 2.24) is 5.32 Å². The quantitative estimate of drug-likeness (QED) is 0.193. The molecule has 11 rings (SSSR count). The molecule has 3 heterocycles. The first kappa shape index (κ1) is 31.0. The Labute approximate surface area is 316 Å². The van der Waals surface area contributed by atoms with E-state index in [-0.39, 0.29) is 6.17 Å². The molecular weight excluding hydrogens is 679 g/mol. The molecule has 54 heavy (non-hydrogen) atoms. The summed E-state index contributed by atoms with van der Waals surface area (Å²) < 4.78 is 9.09. The third-order valence-corrected chi connectivity index (χ3v) is 12.2. The fraction of sp³-hybridized carbons (Fsp3) is 0.0612. The van der Waals surface area contributed by atoms with Crippen LogP contribution in [-0.2, 0) is 12.8 Å². The molecule has 5 heteroatoms. The van der Waals surface area contributed by atoms with Gasteiger partial charge in [-0.15, -0.1) is 11.3 Å². The SMILES string of the molecule is c1ccc(C2=NC(c3ccc(-c4cccc5c4sc4c(-c6ccc7oc8c(c7c6)CCc6ccccc6-8)cccc45)cc3)N=C(c3ccccc3)N2)cc1. The highest BCUT2D eigenvalue weighted by Crippen LogP contribution is 2.46. The fourth-order valence-electron chi connectivity index (χ4n) is 8.20. The summed E-state index contributed by atoms with van der Waals surface area (Å²) in [5.74, 6) is 2.68. The van der Waals surface area contributed by atoms with E-state index < -0.39 is 0 Å². The van der Waals surface area contributed by atoms with Gasteiger partial charge in [0.2, 0.25) is 0 Å². The van der Waals surface area contributed by atoms with Crippen molar-refractivity contribution in [2.75, 3.05) is 0 Å². The molecule has 1 N–H and O–H groups in total. The van der Waals surface area contributed by atoms with Crippen LogP contribution in [0.25, 0.3) is 64.7 Å². The van der Waals surface area contributed by atoms with Crippen LogP contribution >= 0.6 is 11.3 Å². The van der Waals surface area contributed by atoms with E-state index in [2.05, 4.69) is 133 Å². The Bertz CT molecular complexity index is 2900. The number of amidine groups is 2. The molecule has 0 radical (unpaired) electrons. The lowest BCUT2D eigenvalue weighted by Gasteiger charge is -2.22. The van der Waals surface area contributed by atoms with Crippen molar-refractivity contribution in [2.24, 2.45) is 9.98 Å². The normalized spacial score (nSPS) is 14.1. The van der Waals surface area contributed by atoms with Gasteiger partial charge in [0.15, 0.2) is 6.17 Å². The van der Waals surface area contributed by atoms with Crippen LogP contribution in [0.1, 0.15) is 34.0 Å². The topological polar surface area (TPSA) is 49.9 Å². The first-order valence-electron chi connectivity index (χ1n) is 18.5. The molecule has 9 aromatic rings. The lowest BCUT2D eigenvalue weighted by Crippen LogP contribution is -2.35. The van der Waals surface area contributed by atoms with Crippen LogP contribution < -0.4 is 5.32 Å². The smallest absolute Gasteiger partial charge is 0.169 e. The van der Waals surface area contributed by atoms with Crippen molar-refractivity contribution in [3.8, 4) is 33.6 Å². The monoisotopic (exact) mass is 711 g/mol. The first-order chi connectivity index (χ1) is 26.7. The number of nitrogens with zero attached hydrogens (tertiary/aromatic N) is 2. The minimum atomic E-state index is -0.360. The second kappa shape index (κ2) is 12.5. The summed E-state index contributed by atoms with van der Waals surface area (Å²) in [4.78, 5) is 10.2. The number of hydrogen-bond donors (Lipinski definition) is 1. The molecule has 7 aromatic carbocycles. The number of thiophene rings is 1. The first-order valence-corrected chi connectivity index (χ1v) is 19.3. The van der Waals surface area contributed by atoms with Gasteiger partial charge in [-0.2, -0.15) is 0 Å². The molecule has 0 amide bonds. The molecule has 0 fully saturated rings. The summed E-state index contributed by atoms with van der Waals surface area (Å²) in [6.07, 6.45) is 1.68. The summed E-state index contributed by atoms with van der Waals surface area (Å²) in [5, 5.41) is 7.29.